The minimum atomic E-state index is -0.670. The molecule has 2 N–H and O–H groups in total. The first-order chi connectivity index (χ1) is 10.1. The molecule has 5 heteroatoms. The molecule has 2 fully saturated rings. The summed E-state index contributed by atoms with van der Waals surface area (Å²) in [5.74, 6) is 0.243. The Balaban J connectivity index is 1.68. The number of hydrogen-bond donors (Lipinski definition) is 2. The lowest BCUT2D eigenvalue weighted by Gasteiger charge is -2.33. The van der Waals surface area contributed by atoms with Gasteiger partial charge in [-0.2, -0.15) is 0 Å². The Morgan fingerprint density at radius 1 is 1.14 bits per heavy atom. The van der Waals surface area contributed by atoms with Gasteiger partial charge in [0.1, 0.15) is 0 Å². The highest BCUT2D eigenvalue weighted by atomic mass is 16.4. The number of rotatable bonds is 4. The smallest absolute Gasteiger partial charge is 0.317 e. The highest BCUT2D eigenvalue weighted by molar-refractivity contribution is 5.74. The average molecular weight is 296 g/mol. The summed E-state index contributed by atoms with van der Waals surface area (Å²) in [6, 6.07) is 0.0634. The molecule has 0 spiro atoms. The van der Waals surface area contributed by atoms with E-state index in [1.165, 1.54) is 6.42 Å². The van der Waals surface area contributed by atoms with Crippen LogP contribution >= 0.6 is 0 Å². The zero-order chi connectivity index (χ0) is 15.2. The summed E-state index contributed by atoms with van der Waals surface area (Å²) >= 11 is 0. The van der Waals surface area contributed by atoms with Crippen LogP contribution in [0.5, 0.6) is 0 Å². The number of carboxylic acid groups (broad SMARTS) is 1. The molecule has 5 nitrogen and oxygen atoms in total. The maximum Gasteiger partial charge on any atom is 0.317 e. The summed E-state index contributed by atoms with van der Waals surface area (Å²) in [4.78, 5) is 25.1. The number of carbonyl (C=O) groups excluding carboxylic acids is 1. The lowest BCUT2D eigenvalue weighted by Crippen LogP contribution is -2.46. The Morgan fingerprint density at radius 2 is 1.86 bits per heavy atom. The van der Waals surface area contributed by atoms with Crippen LogP contribution in [0, 0.1) is 17.8 Å². The second kappa shape index (κ2) is 7.66. The summed E-state index contributed by atoms with van der Waals surface area (Å²) < 4.78 is 0. The molecule has 1 heterocycles. The molecule has 2 rings (SSSR count). The van der Waals surface area contributed by atoms with Crippen LogP contribution in [-0.2, 0) is 4.79 Å². The van der Waals surface area contributed by atoms with E-state index in [0.29, 0.717) is 18.4 Å². The van der Waals surface area contributed by atoms with Gasteiger partial charge in [-0.25, -0.2) is 4.79 Å². The molecule has 21 heavy (non-hydrogen) atoms. The third kappa shape index (κ3) is 4.61. The van der Waals surface area contributed by atoms with Gasteiger partial charge in [-0.3, -0.25) is 4.79 Å². The van der Waals surface area contributed by atoms with Gasteiger partial charge >= 0.3 is 12.0 Å². The summed E-state index contributed by atoms with van der Waals surface area (Å²) in [5.41, 5.74) is 0. The first-order valence-electron chi connectivity index (χ1n) is 8.35. The van der Waals surface area contributed by atoms with Crippen LogP contribution in [0.3, 0.4) is 0 Å². The molecule has 0 aromatic rings. The van der Waals surface area contributed by atoms with E-state index in [2.05, 4.69) is 12.2 Å². The third-order valence-corrected chi connectivity index (χ3v) is 5.12. The first-order valence-corrected chi connectivity index (χ1v) is 8.35. The summed E-state index contributed by atoms with van der Waals surface area (Å²) in [6.45, 7) is 4.63. The number of amides is 2. The van der Waals surface area contributed by atoms with Crippen molar-refractivity contribution in [1.82, 2.24) is 10.2 Å². The number of nitrogens with zero attached hydrogens (tertiary/aromatic N) is 1. The topological polar surface area (TPSA) is 69.6 Å². The van der Waals surface area contributed by atoms with E-state index in [9.17, 15) is 9.59 Å². The third-order valence-electron chi connectivity index (χ3n) is 5.12. The van der Waals surface area contributed by atoms with Gasteiger partial charge in [-0.15, -0.1) is 0 Å². The highest BCUT2D eigenvalue weighted by Gasteiger charge is 2.27. The Hall–Kier alpha value is -1.26. The average Bonchev–Trinajstić information content (AvgIpc) is 2.53. The minimum absolute atomic E-state index is 0.0634. The zero-order valence-corrected chi connectivity index (χ0v) is 13.0. The molecule has 1 unspecified atom stereocenters. The normalized spacial score (nSPS) is 30.0. The molecule has 1 aliphatic carbocycles. The molecular formula is C16H28N2O3. The predicted octanol–water partition coefficient (Wildman–Crippen LogP) is 2.71. The fraction of sp³-hybridized carbons (Fsp3) is 0.875. The molecule has 1 saturated heterocycles. The first kappa shape index (κ1) is 16.1. The molecule has 1 atom stereocenters. The van der Waals surface area contributed by atoms with Crippen LogP contribution in [0.15, 0.2) is 0 Å². The van der Waals surface area contributed by atoms with Gasteiger partial charge in [0.05, 0.1) is 5.92 Å². The minimum Gasteiger partial charge on any atom is -0.481 e. The highest BCUT2D eigenvalue weighted by Crippen LogP contribution is 2.28. The SMILES string of the molecule is CCC1CCCN(C(=O)NCC2CCC(C(=O)O)CC2)C1. The van der Waals surface area contributed by atoms with Gasteiger partial charge in [0.15, 0.2) is 0 Å². The second-order valence-electron chi connectivity index (χ2n) is 6.60. The molecule has 120 valence electrons. The standard InChI is InChI=1S/C16H28N2O3/c1-2-12-4-3-9-18(11-12)16(21)17-10-13-5-7-14(8-6-13)15(19)20/h12-14H,2-11H2,1H3,(H,17,21)(H,19,20). The van der Waals surface area contributed by atoms with Gasteiger partial charge in [-0.1, -0.05) is 13.3 Å². The summed E-state index contributed by atoms with van der Waals surface area (Å²) in [5, 5.41) is 12.0. The number of nitrogens with one attached hydrogen (secondary N) is 1. The van der Waals surface area contributed by atoms with Gasteiger partial charge in [0, 0.05) is 19.6 Å². The predicted molar refractivity (Wildman–Crippen MR) is 81.1 cm³/mol. The molecule has 0 radical (unpaired) electrons. The van der Waals surface area contributed by atoms with Crippen molar-refractivity contribution in [2.24, 2.45) is 17.8 Å². The van der Waals surface area contributed by atoms with Crippen molar-refractivity contribution in [2.75, 3.05) is 19.6 Å². The molecule has 2 aliphatic rings. The van der Waals surface area contributed by atoms with Crippen LogP contribution < -0.4 is 5.32 Å². The molecule has 1 saturated carbocycles. The van der Waals surface area contributed by atoms with Crippen molar-refractivity contribution in [2.45, 2.75) is 51.9 Å². The van der Waals surface area contributed by atoms with Crippen molar-refractivity contribution in [3.8, 4) is 0 Å². The maximum atomic E-state index is 12.2. The lowest BCUT2D eigenvalue weighted by atomic mass is 9.82. The van der Waals surface area contributed by atoms with Gasteiger partial charge in [-0.05, 0) is 50.4 Å². The van der Waals surface area contributed by atoms with Crippen LogP contribution in [0.1, 0.15) is 51.9 Å². The van der Waals surface area contributed by atoms with Crippen molar-refractivity contribution in [3.05, 3.63) is 0 Å². The van der Waals surface area contributed by atoms with E-state index in [1.807, 2.05) is 4.90 Å². The second-order valence-corrected chi connectivity index (χ2v) is 6.60. The maximum absolute atomic E-state index is 12.2. The Morgan fingerprint density at radius 3 is 2.48 bits per heavy atom. The van der Waals surface area contributed by atoms with Crippen LogP contribution in [0.4, 0.5) is 4.79 Å². The number of hydrogen-bond acceptors (Lipinski definition) is 2. The molecule has 0 aromatic carbocycles. The van der Waals surface area contributed by atoms with Crippen LogP contribution in [0.2, 0.25) is 0 Å². The number of carboxylic acids is 1. The van der Waals surface area contributed by atoms with E-state index in [0.717, 1.165) is 51.6 Å². The van der Waals surface area contributed by atoms with Crippen LogP contribution in [0.25, 0.3) is 0 Å². The molecular weight excluding hydrogens is 268 g/mol. The van der Waals surface area contributed by atoms with E-state index in [-0.39, 0.29) is 11.9 Å². The fourth-order valence-corrected chi connectivity index (χ4v) is 3.54. The number of carbonyl (C=O) groups is 2. The Labute approximate surface area is 127 Å². The van der Waals surface area contributed by atoms with Gasteiger partial charge in [0.2, 0.25) is 0 Å². The zero-order valence-electron chi connectivity index (χ0n) is 13.0. The lowest BCUT2D eigenvalue weighted by molar-refractivity contribution is -0.143. The molecule has 2 amide bonds. The molecule has 0 aromatic heterocycles. The summed E-state index contributed by atoms with van der Waals surface area (Å²) in [7, 11) is 0. The van der Waals surface area contributed by atoms with E-state index in [1.54, 1.807) is 0 Å². The van der Waals surface area contributed by atoms with Gasteiger partial charge < -0.3 is 15.3 Å². The molecule has 0 bridgehead atoms. The number of urea groups is 1. The fourth-order valence-electron chi connectivity index (χ4n) is 3.54. The van der Waals surface area contributed by atoms with Crippen LogP contribution in [-0.4, -0.2) is 41.6 Å². The summed E-state index contributed by atoms with van der Waals surface area (Å²) in [6.07, 6.45) is 6.80. The van der Waals surface area contributed by atoms with E-state index < -0.39 is 5.97 Å². The van der Waals surface area contributed by atoms with E-state index >= 15 is 0 Å². The number of piperidine rings is 1. The Kier molecular flexibility index (Phi) is 5.88. The largest absolute Gasteiger partial charge is 0.481 e. The number of aliphatic carboxylic acids is 1. The van der Waals surface area contributed by atoms with Gasteiger partial charge in [0.25, 0.3) is 0 Å². The van der Waals surface area contributed by atoms with Crippen molar-refractivity contribution in [3.63, 3.8) is 0 Å². The molecule has 1 aliphatic heterocycles. The van der Waals surface area contributed by atoms with Crippen molar-refractivity contribution >= 4 is 12.0 Å². The quantitative estimate of drug-likeness (QED) is 0.838. The monoisotopic (exact) mass is 296 g/mol. The number of likely N-dealkylation sites (tertiary alicyclic amines) is 1. The van der Waals surface area contributed by atoms with Crippen molar-refractivity contribution < 1.29 is 14.7 Å². The van der Waals surface area contributed by atoms with E-state index in [4.69, 9.17) is 5.11 Å². The van der Waals surface area contributed by atoms with Crippen molar-refractivity contribution in [1.29, 1.82) is 0 Å². The Bertz CT molecular complexity index is 365.